The molecule has 22 heavy (non-hydrogen) atoms. The second-order valence-electron chi connectivity index (χ2n) is 5.10. The van der Waals surface area contributed by atoms with Gasteiger partial charge < -0.3 is 14.6 Å². The van der Waals surface area contributed by atoms with E-state index in [0.717, 1.165) is 0 Å². The van der Waals surface area contributed by atoms with E-state index < -0.39 is 0 Å². The van der Waals surface area contributed by atoms with Crippen molar-refractivity contribution in [1.82, 2.24) is 10.1 Å². The van der Waals surface area contributed by atoms with E-state index in [1.54, 1.807) is 18.2 Å². The van der Waals surface area contributed by atoms with E-state index in [9.17, 15) is 4.79 Å². The first-order chi connectivity index (χ1) is 10.5. The van der Waals surface area contributed by atoms with Gasteiger partial charge >= 0.3 is 0 Å². The van der Waals surface area contributed by atoms with Crippen LogP contribution < -0.4 is 10.1 Å². The van der Waals surface area contributed by atoms with Gasteiger partial charge in [-0.25, -0.2) is 0 Å². The number of hydrogen-bond acceptors (Lipinski definition) is 5. The smallest absolute Gasteiger partial charge is 0.227 e. The number of amides is 1. The van der Waals surface area contributed by atoms with E-state index in [1.165, 1.54) is 7.11 Å². The van der Waals surface area contributed by atoms with Crippen molar-refractivity contribution in [2.24, 2.45) is 0 Å². The minimum atomic E-state index is -0.148. The fraction of sp³-hybridized carbons (Fsp3) is 0.400. The molecule has 1 heterocycles. The number of halogens is 1. The van der Waals surface area contributed by atoms with Crippen LogP contribution in [0.4, 0.5) is 5.69 Å². The summed E-state index contributed by atoms with van der Waals surface area (Å²) >= 11 is 6.01. The Morgan fingerprint density at radius 1 is 1.45 bits per heavy atom. The SMILES string of the molecule is COc1ccc(NC(=O)CCc2nc(C(C)C)no2)cc1Cl. The molecule has 0 aliphatic carbocycles. The Bertz CT molecular complexity index is 655. The van der Waals surface area contributed by atoms with Crippen LogP contribution >= 0.6 is 11.6 Å². The lowest BCUT2D eigenvalue weighted by Crippen LogP contribution is -2.12. The fourth-order valence-electron chi connectivity index (χ4n) is 1.79. The first kappa shape index (κ1) is 16.3. The molecule has 0 aliphatic heterocycles. The molecule has 118 valence electrons. The molecule has 0 bridgehead atoms. The molecule has 0 fully saturated rings. The van der Waals surface area contributed by atoms with Gasteiger partial charge in [0.1, 0.15) is 5.75 Å². The molecule has 1 aromatic carbocycles. The van der Waals surface area contributed by atoms with Gasteiger partial charge in [0.05, 0.1) is 12.1 Å². The van der Waals surface area contributed by atoms with E-state index >= 15 is 0 Å². The Kier molecular flexibility index (Phi) is 5.38. The average Bonchev–Trinajstić information content (AvgIpc) is 2.94. The lowest BCUT2D eigenvalue weighted by molar-refractivity contribution is -0.116. The summed E-state index contributed by atoms with van der Waals surface area (Å²) in [5.74, 6) is 1.73. The third-order valence-corrected chi connectivity index (χ3v) is 3.30. The molecule has 0 radical (unpaired) electrons. The van der Waals surface area contributed by atoms with Crippen LogP contribution in [0.1, 0.15) is 37.9 Å². The van der Waals surface area contributed by atoms with Crippen LogP contribution in [0.2, 0.25) is 5.02 Å². The first-order valence-electron chi connectivity index (χ1n) is 6.95. The van der Waals surface area contributed by atoms with Crippen LogP contribution in [0, 0.1) is 0 Å². The largest absolute Gasteiger partial charge is 0.495 e. The highest BCUT2D eigenvalue weighted by Crippen LogP contribution is 2.27. The second kappa shape index (κ2) is 7.26. The third-order valence-electron chi connectivity index (χ3n) is 3.00. The number of nitrogens with zero attached hydrogens (tertiary/aromatic N) is 2. The summed E-state index contributed by atoms with van der Waals surface area (Å²) in [5, 5.41) is 7.07. The predicted octanol–water partition coefficient (Wildman–Crippen LogP) is 3.43. The van der Waals surface area contributed by atoms with Crippen molar-refractivity contribution in [3.8, 4) is 5.75 Å². The van der Waals surface area contributed by atoms with Crippen LogP contribution in [0.5, 0.6) is 5.75 Å². The maximum atomic E-state index is 11.9. The average molecular weight is 324 g/mol. The van der Waals surface area contributed by atoms with Gasteiger partial charge in [-0.05, 0) is 18.2 Å². The van der Waals surface area contributed by atoms with E-state index in [2.05, 4.69) is 15.5 Å². The molecule has 1 N–H and O–H groups in total. The molecular formula is C15H18ClN3O3. The summed E-state index contributed by atoms with van der Waals surface area (Å²) in [6, 6.07) is 5.07. The van der Waals surface area contributed by atoms with Crippen LogP contribution in [-0.4, -0.2) is 23.2 Å². The number of carbonyl (C=O) groups excluding carboxylic acids is 1. The summed E-state index contributed by atoms with van der Waals surface area (Å²) in [6.07, 6.45) is 0.652. The highest BCUT2D eigenvalue weighted by atomic mass is 35.5. The normalized spacial score (nSPS) is 10.8. The van der Waals surface area contributed by atoms with Crippen molar-refractivity contribution in [3.05, 3.63) is 34.9 Å². The van der Waals surface area contributed by atoms with Gasteiger partial charge in [0.2, 0.25) is 11.8 Å². The van der Waals surface area contributed by atoms with Crippen molar-refractivity contribution in [3.63, 3.8) is 0 Å². The summed E-state index contributed by atoms with van der Waals surface area (Å²) in [4.78, 5) is 16.1. The number of nitrogens with one attached hydrogen (secondary N) is 1. The Morgan fingerprint density at radius 3 is 2.82 bits per heavy atom. The van der Waals surface area contributed by atoms with E-state index in [4.69, 9.17) is 20.9 Å². The van der Waals surface area contributed by atoms with Crippen molar-refractivity contribution >= 4 is 23.2 Å². The zero-order valence-electron chi connectivity index (χ0n) is 12.7. The summed E-state index contributed by atoms with van der Waals surface area (Å²) in [6.45, 7) is 3.96. The van der Waals surface area contributed by atoms with Crippen LogP contribution in [-0.2, 0) is 11.2 Å². The maximum Gasteiger partial charge on any atom is 0.227 e. The van der Waals surface area contributed by atoms with Gasteiger partial charge in [-0.15, -0.1) is 0 Å². The lowest BCUT2D eigenvalue weighted by atomic mass is 10.2. The number of rotatable bonds is 6. The lowest BCUT2D eigenvalue weighted by Gasteiger charge is -2.07. The second-order valence-corrected chi connectivity index (χ2v) is 5.51. The van der Waals surface area contributed by atoms with Gasteiger partial charge in [0.15, 0.2) is 5.82 Å². The molecular weight excluding hydrogens is 306 g/mol. The van der Waals surface area contributed by atoms with E-state index in [1.807, 2.05) is 13.8 Å². The number of anilines is 1. The molecule has 0 spiro atoms. The molecule has 0 aliphatic rings. The Labute approximate surface area is 133 Å². The summed E-state index contributed by atoms with van der Waals surface area (Å²) in [5.41, 5.74) is 0.615. The molecule has 1 aromatic heterocycles. The number of methoxy groups -OCH3 is 1. The van der Waals surface area contributed by atoms with Gasteiger partial charge in [-0.1, -0.05) is 30.6 Å². The maximum absolute atomic E-state index is 11.9. The Hall–Kier alpha value is -2.08. The standard InChI is InChI=1S/C15H18ClN3O3/c1-9(2)15-18-14(22-19-15)7-6-13(20)17-10-4-5-12(21-3)11(16)8-10/h4-5,8-9H,6-7H2,1-3H3,(H,17,20). The minimum Gasteiger partial charge on any atom is -0.495 e. The van der Waals surface area contributed by atoms with Crippen LogP contribution in [0.25, 0.3) is 0 Å². The topological polar surface area (TPSA) is 77.2 Å². The predicted molar refractivity (Wildman–Crippen MR) is 83.3 cm³/mol. The van der Waals surface area contributed by atoms with Crippen molar-refractivity contribution < 1.29 is 14.1 Å². The van der Waals surface area contributed by atoms with Gasteiger partial charge in [-0.2, -0.15) is 4.98 Å². The fourth-order valence-corrected chi connectivity index (χ4v) is 2.05. The highest BCUT2D eigenvalue weighted by Gasteiger charge is 2.12. The van der Waals surface area contributed by atoms with Crippen molar-refractivity contribution in [2.45, 2.75) is 32.6 Å². The number of ether oxygens (including phenoxy) is 1. The molecule has 0 atom stereocenters. The molecule has 1 amide bonds. The van der Waals surface area contributed by atoms with Crippen LogP contribution in [0.15, 0.2) is 22.7 Å². The quantitative estimate of drug-likeness (QED) is 0.881. The Balaban J connectivity index is 1.88. The first-order valence-corrected chi connectivity index (χ1v) is 7.33. The zero-order chi connectivity index (χ0) is 16.1. The van der Waals surface area contributed by atoms with Gasteiger partial charge in [-0.3, -0.25) is 4.79 Å². The van der Waals surface area contributed by atoms with Gasteiger partial charge in [0, 0.05) is 24.4 Å². The minimum absolute atomic E-state index is 0.148. The van der Waals surface area contributed by atoms with Gasteiger partial charge in [0.25, 0.3) is 0 Å². The molecule has 2 rings (SSSR count). The summed E-state index contributed by atoms with van der Waals surface area (Å²) < 4.78 is 10.2. The van der Waals surface area contributed by atoms with Crippen molar-refractivity contribution in [2.75, 3.05) is 12.4 Å². The Morgan fingerprint density at radius 2 is 2.23 bits per heavy atom. The van der Waals surface area contributed by atoms with Crippen LogP contribution in [0.3, 0.4) is 0 Å². The summed E-state index contributed by atoms with van der Waals surface area (Å²) in [7, 11) is 1.54. The molecule has 0 unspecified atom stereocenters. The van der Waals surface area contributed by atoms with Crippen molar-refractivity contribution in [1.29, 1.82) is 0 Å². The van der Waals surface area contributed by atoms with E-state index in [-0.39, 0.29) is 18.2 Å². The number of hydrogen-bond donors (Lipinski definition) is 1. The highest BCUT2D eigenvalue weighted by molar-refractivity contribution is 6.32. The molecule has 7 heteroatoms. The molecule has 2 aromatic rings. The monoisotopic (exact) mass is 323 g/mol. The molecule has 0 saturated carbocycles. The molecule has 6 nitrogen and oxygen atoms in total. The zero-order valence-corrected chi connectivity index (χ0v) is 13.5. The molecule has 0 saturated heterocycles. The van der Waals surface area contributed by atoms with E-state index in [0.29, 0.717) is 34.6 Å². The number of carbonyl (C=O) groups is 1. The number of benzene rings is 1. The third kappa shape index (κ3) is 4.21. The number of aryl methyl sites for hydroxylation is 1. The number of aromatic nitrogens is 2.